The highest BCUT2D eigenvalue weighted by Gasteiger charge is 2.53. The molecule has 37 heavy (non-hydrogen) atoms. The van der Waals surface area contributed by atoms with Gasteiger partial charge in [-0.2, -0.15) is 5.10 Å². The van der Waals surface area contributed by atoms with Gasteiger partial charge in [0.25, 0.3) is 0 Å². The third-order valence-electron chi connectivity index (χ3n) is 7.58. The van der Waals surface area contributed by atoms with Crippen molar-refractivity contribution in [3.63, 3.8) is 0 Å². The highest BCUT2D eigenvalue weighted by molar-refractivity contribution is 6.36. The normalized spacial score (nSPS) is 23.2. The average Bonchev–Trinajstić information content (AvgIpc) is 3.34. The summed E-state index contributed by atoms with van der Waals surface area (Å²) in [5.74, 6) is -0.207. The van der Waals surface area contributed by atoms with Gasteiger partial charge in [0.1, 0.15) is 17.9 Å². The molecule has 0 spiro atoms. The van der Waals surface area contributed by atoms with E-state index in [1.807, 2.05) is 29.9 Å². The van der Waals surface area contributed by atoms with E-state index in [1.165, 1.54) is 6.20 Å². The van der Waals surface area contributed by atoms with Gasteiger partial charge in [0, 0.05) is 53.8 Å². The molecular formula is C28H27ClFN5O2. The van der Waals surface area contributed by atoms with Gasteiger partial charge in [0.2, 0.25) is 5.91 Å². The van der Waals surface area contributed by atoms with E-state index in [-0.39, 0.29) is 34.9 Å². The molecule has 2 unspecified atom stereocenters. The van der Waals surface area contributed by atoms with Gasteiger partial charge in [-0.05, 0) is 67.3 Å². The van der Waals surface area contributed by atoms with Crippen molar-refractivity contribution in [2.45, 2.75) is 45.3 Å². The Kier molecular flexibility index (Phi) is 6.16. The Balaban J connectivity index is 1.22. The molecule has 4 aromatic rings. The van der Waals surface area contributed by atoms with Crippen LogP contribution in [0.1, 0.15) is 49.6 Å². The van der Waals surface area contributed by atoms with Gasteiger partial charge in [-0.25, -0.2) is 14.1 Å². The number of carbonyl (C=O) groups excluding carboxylic acids is 1. The average molecular weight is 520 g/mol. The predicted octanol–water partition coefficient (Wildman–Crippen LogP) is 6.28. The molecule has 190 valence electrons. The molecule has 1 saturated heterocycles. The van der Waals surface area contributed by atoms with Gasteiger partial charge in [0.05, 0.1) is 16.6 Å². The molecule has 4 atom stereocenters. The first-order valence-corrected chi connectivity index (χ1v) is 13.0. The maximum absolute atomic E-state index is 15.1. The molecule has 1 aliphatic carbocycles. The summed E-state index contributed by atoms with van der Waals surface area (Å²) in [4.78, 5) is 21.6. The summed E-state index contributed by atoms with van der Waals surface area (Å²) in [6.45, 7) is 4.71. The van der Waals surface area contributed by atoms with E-state index < -0.39 is 5.82 Å². The van der Waals surface area contributed by atoms with Crippen LogP contribution in [0.3, 0.4) is 0 Å². The molecule has 0 radical (unpaired) electrons. The minimum atomic E-state index is -0.517. The summed E-state index contributed by atoms with van der Waals surface area (Å²) in [5, 5.41) is 8.83. The minimum absolute atomic E-state index is 0.00506. The number of nitrogens with one attached hydrogen (secondary N) is 1. The molecule has 7 nitrogen and oxygen atoms in total. The zero-order valence-corrected chi connectivity index (χ0v) is 21.4. The van der Waals surface area contributed by atoms with Crippen LogP contribution >= 0.6 is 11.6 Å². The number of fused-ring (bicyclic) bond motifs is 1. The van der Waals surface area contributed by atoms with E-state index in [4.69, 9.17) is 21.4 Å². The number of aromatic nitrogens is 4. The van der Waals surface area contributed by atoms with Crippen LogP contribution in [0.4, 0.5) is 10.2 Å². The number of halogens is 2. The fourth-order valence-corrected chi connectivity index (χ4v) is 5.65. The number of rotatable bonds is 5. The summed E-state index contributed by atoms with van der Waals surface area (Å²) >= 11 is 6.38. The first-order valence-electron chi connectivity index (χ1n) is 12.6. The van der Waals surface area contributed by atoms with Crippen molar-refractivity contribution in [3.05, 3.63) is 71.2 Å². The van der Waals surface area contributed by atoms with Gasteiger partial charge in [-0.1, -0.05) is 18.5 Å². The van der Waals surface area contributed by atoms with Gasteiger partial charge in [-0.15, -0.1) is 0 Å². The molecule has 1 saturated carbocycles. The lowest BCUT2D eigenvalue weighted by Gasteiger charge is -2.22. The van der Waals surface area contributed by atoms with E-state index >= 15 is 4.39 Å². The number of anilines is 1. The van der Waals surface area contributed by atoms with Crippen LogP contribution in [0.5, 0.6) is 0 Å². The number of pyridine rings is 2. The van der Waals surface area contributed by atoms with E-state index in [1.54, 1.807) is 24.5 Å². The molecule has 1 aliphatic heterocycles. The van der Waals surface area contributed by atoms with Gasteiger partial charge in [0.15, 0.2) is 0 Å². The first-order chi connectivity index (χ1) is 17.9. The third kappa shape index (κ3) is 4.38. The minimum Gasteiger partial charge on any atom is -0.357 e. The van der Waals surface area contributed by atoms with Gasteiger partial charge in [-0.3, -0.25) is 9.78 Å². The van der Waals surface area contributed by atoms with E-state index in [0.717, 1.165) is 37.1 Å². The maximum atomic E-state index is 15.1. The highest BCUT2D eigenvalue weighted by atomic mass is 35.5. The standard InChI is InChI=1S/C28H27ClFN5O2/c1-15-6-8-31-13-19(15)18-11-17-12-22(32-14-20(17)26(29)27(18)30)33-28(36)25-16(2)24(25)21-7-9-35(34-21)23-5-3-4-10-37-23/h6-9,11-14,16,23-25H,3-5,10H2,1-2H3,(H,32,33,36)/t16?,23?,24-,25+/m1/s1. The molecule has 1 N–H and O–H groups in total. The van der Waals surface area contributed by atoms with Gasteiger partial charge < -0.3 is 10.1 Å². The van der Waals surface area contributed by atoms with Crippen LogP contribution < -0.4 is 5.32 Å². The largest absolute Gasteiger partial charge is 0.357 e. The van der Waals surface area contributed by atoms with Crippen LogP contribution in [0, 0.1) is 24.6 Å². The van der Waals surface area contributed by atoms with E-state index in [0.29, 0.717) is 27.7 Å². The van der Waals surface area contributed by atoms with Crippen molar-refractivity contribution in [2.75, 3.05) is 11.9 Å². The fraction of sp³-hybridized carbons (Fsp3) is 0.357. The van der Waals surface area contributed by atoms with Crippen LogP contribution in [-0.2, 0) is 9.53 Å². The molecule has 3 aromatic heterocycles. The van der Waals surface area contributed by atoms with Crippen LogP contribution in [-0.4, -0.2) is 32.3 Å². The van der Waals surface area contributed by atoms with Crippen molar-refractivity contribution < 1.29 is 13.9 Å². The third-order valence-corrected chi connectivity index (χ3v) is 7.95. The quantitative estimate of drug-likeness (QED) is 0.335. The Hall–Kier alpha value is -3.36. The number of hydrogen-bond donors (Lipinski definition) is 1. The number of hydrogen-bond acceptors (Lipinski definition) is 5. The van der Waals surface area contributed by atoms with Crippen molar-refractivity contribution in [1.82, 2.24) is 19.7 Å². The highest BCUT2D eigenvalue weighted by Crippen LogP contribution is 2.53. The Morgan fingerprint density at radius 1 is 1.22 bits per heavy atom. The first kappa shape index (κ1) is 24.0. The lowest BCUT2D eigenvalue weighted by molar-refractivity contribution is -0.117. The number of ether oxygens (including phenoxy) is 1. The summed E-state index contributed by atoms with van der Waals surface area (Å²) in [6.07, 6.45) is 9.87. The molecule has 0 bridgehead atoms. The number of amides is 1. The Labute approximate surface area is 219 Å². The van der Waals surface area contributed by atoms with Crippen LogP contribution in [0.25, 0.3) is 21.9 Å². The van der Waals surface area contributed by atoms with E-state index in [2.05, 4.69) is 22.2 Å². The van der Waals surface area contributed by atoms with Crippen molar-refractivity contribution >= 4 is 34.1 Å². The van der Waals surface area contributed by atoms with E-state index in [9.17, 15) is 4.79 Å². The topological polar surface area (TPSA) is 81.9 Å². The second kappa shape index (κ2) is 9.50. The Morgan fingerprint density at radius 2 is 2.08 bits per heavy atom. The van der Waals surface area contributed by atoms with Crippen LogP contribution in [0.2, 0.25) is 5.02 Å². The second-order valence-electron chi connectivity index (χ2n) is 9.98. The maximum Gasteiger partial charge on any atom is 0.229 e. The molecule has 6 rings (SSSR count). The van der Waals surface area contributed by atoms with Crippen molar-refractivity contribution in [1.29, 1.82) is 0 Å². The summed E-state index contributed by atoms with van der Waals surface area (Å²) < 4.78 is 22.8. The molecule has 2 aliphatic rings. The Morgan fingerprint density at radius 3 is 2.86 bits per heavy atom. The van der Waals surface area contributed by atoms with Crippen molar-refractivity contribution in [3.8, 4) is 11.1 Å². The molecule has 2 fully saturated rings. The smallest absolute Gasteiger partial charge is 0.229 e. The van der Waals surface area contributed by atoms with Crippen molar-refractivity contribution in [2.24, 2.45) is 11.8 Å². The zero-order chi connectivity index (χ0) is 25.7. The summed E-state index contributed by atoms with van der Waals surface area (Å²) in [5.41, 5.74) is 2.82. The fourth-order valence-electron chi connectivity index (χ4n) is 5.39. The zero-order valence-electron chi connectivity index (χ0n) is 20.6. The lowest BCUT2D eigenvalue weighted by Crippen LogP contribution is -2.19. The molecule has 9 heteroatoms. The predicted molar refractivity (Wildman–Crippen MR) is 140 cm³/mol. The molecule has 4 heterocycles. The number of aryl methyl sites for hydroxylation is 1. The Bertz CT molecular complexity index is 1500. The number of benzene rings is 1. The molecule has 1 amide bonds. The molecular weight excluding hydrogens is 493 g/mol. The summed E-state index contributed by atoms with van der Waals surface area (Å²) in [7, 11) is 0. The molecule has 1 aromatic carbocycles. The number of nitrogens with zero attached hydrogens (tertiary/aromatic N) is 4. The monoisotopic (exact) mass is 519 g/mol. The van der Waals surface area contributed by atoms with Gasteiger partial charge >= 0.3 is 0 Å². The van der Waals surface area contributed by atoms with Crippen LogP contribution in [0.15, 0.2) is 49.1 Å². The number of carbonyl (C=O) groups is 1. The lowest BCUT2D eigenvalue weighted by atomic mass is 9.99. The SMILES string of the molecule is Cc1ccncc1-c1cc2cc(NC(=O)[C@H]3C(C)[C@@H]3c3ccn(C4CCCCO4)n3)ncc2c(Cl)c1F. The second-order valence-corrected chi connectivity index (χ2v) is 10.4. The summed E-state index contributed by atoms with van der Waals surface area (Å²) in [6, 6.07) is 7.26.